The maximum absolute atomic E-state index is 13.2. The molecule has 2 aromatic heterocycles. The van der Waals surface area contributed by atoms with Gasteiger partial charge in [0.15, 0.2) is 15.7 Å². The third-order valence-corrected chi connectivity index (χ3v) is 8.77. The van der Waals surface area contributed by atoms with Crippen molar-refractivity contribution in [2.75, 3.05) is 23.8 Å². The van der Waals surface area contributed by atoms with Crippen LogP contribution >= 0.6 is 23.1 Å². The van der Waals surface area contributed by atoms with Crippen LogP contribution < -0.4 is 0 Å². The maximum Gasteiger partial charge on any atom is 0.233 e. The summed E-state index contributed by atoms with van der Waals surface area (Å²) in [6.45, 7) is 4.65. The Labute approximate surface area is 191 Å². The van der Waals surface area contributed by atoms with Gasteiger partial charge in [-0.25, -0.2) is 18.4 Å². The fourth-order valence-corrected chi connectivity index (χ4v) is 7.05. The van der Waals surface area contributed by atoms with Crippen LogP contribution in [0.2, 0.25) is 0 Å². The van der Waals surface area contributed by atoms with Crippen molar-refractivity contribution >= 4 is 49.7 Å². The Balaban J connectivity index is 1.57. The summed E-state index contributed by atoms with van der Waals surface area (Å²) < 4.78 is 23.9. The van der Waals surface area contributed by atoms with Gasteiger partial charge in [0.2, 0.25) is 5.91 Å². The summed E-state index contributed by atoms with van der Waals surface area (Å²) >= 11 is 2.98. The standard InChI is InChI=1S/C22H25N3O3S3/c1-15(2)12-25(16-9-11-31(27,28)14-16)20(26)13-30-22-17-6-3-4-7-18(17)23-21(24-22)19-8-5-10-29-19/h3-8,10,15-16H,9,11-14H2,1-2H3. The number of nitrogens with zero attached hydrogens (tertiary/aromatic N) is 3. The quantitative estimate of drug-likeness (QED) is 0.378. The number of benzene rings is 1. The molecule has 1 unspecified atom stereocenters. The van der Waals surface area contributed by atoms with Crippen molar-refractivity contribution in [2.24, 2.45) is 5.92 Å². The zero-order valence-electron chi connectivity index (χ0n) is 17.5. The van der Waals surface area contributed by atoms with Crippen LogP contribution in [0.5, 0.6) is 0 Å². The SMILES string of the molecule is CC(C)CN(C(=O)CSc1nc(-c2cccs2)nc2ccccc12)C1CCS(=O)(=O)C1. The van der Waals surface area contributed by atoms with Crippen LogP contribution in [0.25, 0.3) is 21.6 Å². The van der Waals surface area contributed by atoms with Crippen molar-refractivity contribution < 1.29 is 13.2 Å². The normalized spacial score (nSPS) is 18.0. The van der Waals surface area contributed by atoms with E-state index in [1.54, 1.807) is 16.2 Å². The predicted molar refractivity (Wildman–Crippen MR) is 127 cm³/mol. The molecule has 6 nitrogen and oxygen atoms in total. The Kier molecular flexibility index (Phi) is 6.64. The van der Waals surface area contributed by atoms with Crippen molar-refractivity contribution in [2.45, 2.75) is 31.3 Å². The number of sulfone groups is 1. The van der Waals surface area contributed by atoms with Crippen LogP contribution in [0, 0.1) is 5.92 Å². The van der Waals surface area contributed by atoms with Crippen molar-refractivity contribution in [3.63, 3.8) is 0 Å². The molecule has 1 atom stereocenters. The first-order valence-corrected chi connectivity index (χ1v) is 13.9. The van der Waals surface area contributed by atoms with Crippen molar-refractivity contribution in [3.8, 4) is 10.7 Å². The van der Waals surface area contributed by atoms with Gasteiger partial charge in [0.05, 0.1) is 27.7 Å². The first-order valence-electron chi connectivity index (χ1n) is 10.3. The minimum absolute atomic E-state index is 0.0406. The average Bonchev–Trinajstić information content (AvgIpc) is 3.39. The summed E-state index contributed by atoms with van der Waals surface area (Å²) in [4.78, 5) is 25.4. The Bertz CT molecular complexity index is 1180. The largest absolute Gasteiger partial charge is 0.338 e. The number of amides is 1. The molecule has 1 aromatic carbocycles. The summed E-state index contributed by atoms with van der Waals surface area (Å²) in [6.07, 6.45) is 0.518. The molecule has 1 aliphatic heterocycles. The van der Waals surface area contributed by atoms with Crippen molar-refractivity contribution in [1.82, 2.24) is 14.9 Å². The van der Waals surface area contributed by atoms with E-state index < -0.39 is 9.84 Å². The molecule has 3 heterocycles. The number of carbonyl (C=O) groups is 1. The van der Waals surface area contributed by atoms with Crippen molar-refractivity contribution in [1.29, 1.82) is 0 Å². The summed E-state index contributed by atoms with van der Waals surface area (Å²) in [7, 11) is -3.06. The second kappa shape index (κ2) is 9.26. The minimum atomic E-state index is -3.06. The number of fused-ring (bicyclic) bond motifs is 1. The van der Waals surface area contributed by atoms with E-state index >= 15 is 0 Å². The molecule has 164 valence electrons. The molecular formula is C22H25N3O3S3. The van der Waals surface area contributed by atoms with E-state index in [9.17, 15) is 13.2 Å². The zero-order chi connectivity index (χ0) is 22.0. The van der Waals surface area contributed by atoms with Gasteiger partial charge in [0.1, 0.15) is 5.03 Å². The summed E-state index contributed by atoms with van der Waals surface area (Å²) in [5, 5.41) is 3.68. The van der Waals surface area contributed by atoms with E-state index in [2.05, 4.69) is 4.98 Å². The van der Waals surface area contributed by atoms with Gasteiger partial charge in [-0.2, -0.15) is 0 Å². The number of carbonyl (C=O) groups excluding carboxylic acids is 1. The molecule has 3 aromatic rings. The van der Waals surface area contributed by atoms with Crippen LogP contribution in [-0.2, 0) is 14.6 Å². The van der Waals surface area contributed by atoms with E-state index in [0.29, 0.717) is 18.8 Å². The molecule has 1 fully saturated rings. The van der Waals surface area contributed by atoms with Gasteiger partial charge >= 0.3 is 0 Å². The van der Waals surface area contributed by atoms with Crippen LogP contribution in [0.4, 0.5) is 0 Å². The lowest BCUT2D eigenvalue weighted by Gasteiger charge is -2.30. The molecule has 0 saturated carbocycles. The molecule has 0 aliphatic carbocycles. The topological polar surface area (TPSA) is 80.2 Å². The minimum Gasteiger partial charge on any atom is -0.338 e. The Morgan fingerprint density at radius 2 is 2.03 bits per heavy atom. The van der Waals surface area contributed by atoms with Gasteiger partial charge in [-0.05, 0) is 29.9 Å². The molecular weight excluding hydrogens is 450 g/mol. The van der Waals surface area contributed by atoms with Crippen LogP contribution in [0.3, 0.4) is 0 Å². The van der Waals surface area contributed by atoms with E-state index in [1.807, 2.05) is 55.6 Å². The highest BCUT2D eigenvalue weighted by molar-refractivity contribution is 8.00. The van der Waals surface area contributed by atoms with E-state index in [1.165, 1.54) is 11.8 Å². The smallest absolute Gasteiger partial charge is 0.233 e. The molecule has 4 rings (SSSR count). The molecule has 1 aliphatic rings. The molecule has 0 N–H and O–H groups in total. The average molecular weight is 476 g/mol. The summed E-state index contributed by atoms with van der Waals surface area (Å²) in [6, 6.07) is 11.5. The number of thioether (sulfide) groups is 1. The van der Waals surface area contributed by atoms with E-state index in [-0.39, 0.29) is 35.1 Å². The van der Waals surface area contributed by atoms with Crippen LogP contribution in [-0.4, -0.2) is 59.0 Å². The predicted octanol–water partition coefficient (Wildman–Crippen LogP) is 4.12. The van der Waals surface area contributed by atoms with E-state index in [4.69, 9.17) is 4.98 Å². The van der Waals surface area contributed by atoms with Gasteiger partial charge in [-0.15, -0.1) is 11.3 Å². The third kappa shape index (κ3) is 5.27. The Morgan fingerprint density at radius 3 is 2.71 bits per heavy atom. The lowest BCUT2D eigenvalue weighted by atomic mass is 10.1. The highest BCUT2D eigenvalue weighted by Crippen LogP contribution is 2.30. The third-order valence-electron chi connectivity index (χ3n) is 5.17. The zero-order valence-corrected chi connectivity index (χ0v) is 20.0. The van der Waals surface area contributed by atoms with Gasteiger partial charge in [-0.1, -0.05) is 49.9 Å². The lowest BCUT2D eigenvalue weighted by molar-refractivity contribution is -0.130. The second-order valence-electron chi connectivity index (χ2n) is 8.13. The summed E-state index contributed by atoms with van der Waals surface area (Å²) in [5.74, 6) is 1.32. The second-order valence-corrected chi connectivity index (χ2v) is 12.3. The van der Waals surface area contributed by atoms with Gasteiger partial charge < -0.3 is 4.90 Å². The molecule has 0 spiro atoms. The number of aromatic nitrogens is 2. The Morgan fingerprint density at radius 1 is 1.23 bits per heavy atom. The first-order chi connectivity index (χ1) is 14.8. The Hall–Kier alpha value is -1.97. The number of thiophene rings is 1. The van der Waals surface area contributed by atoms with Gasteiger partial charge in [0.25, 0.3) is 0 Å². The molecule has 1 saturated heterocycles. The molecule has 0 radical (unpaired) electrons. The number of para-hydroxylation sites is 1. The lowest BCUT2D eigenvalue weighted by Crippen LogP contribution is -2.44. The first kappa shape index (κ1) is 22.2. The van der Waals surface area contributed by atoms with Crippen molar-refractivity contribution in [3.05, 3.63) is 41.8 Å². The highest BCUT2D eigenvalue weighted by atomic mass is 32.2. The van der Waals surface area contributed by atoms with Gasteiger partial charge in [0, 0.05) is 18.0 Å². The molecule has 1 amide bonds. The fourth-order valence-electron chi connectivity index (χ4n) is 3.76. The number of rotatable bonds is 7. The van der Waals surface area contributed by atoms with Crippen LogP contribution in [0.15, 0.2) is 46.8 Å². The molecule has 9 heteroatoms. The van der Waals surface area contributed by atoms with E-state index in [0.717, 1.165) is 20.8 Å². The van der Waals surface area contributed by atoms with Crippen LogP contribution in [0.1, 0.15) is 20.3 Å². The molecule has 31 heavy (non-hydrogen) atoms. The number of hydrogen-bond donors (Lipinski definition) is 0. The summed E-state index contributed by atoms with van der Waals surface area (Å²) in [5.41, 5.74) is 0.844. The monoisotopic (exact) mass is 475 g/mol. The fraction of sp³-hybridized carbons (Fsp3) is 0.409. The number of hydrogen-bond acceptors (Lipinski definition) is 7. The maximum atomic E-state index is 13.2. The highest BCUT2D eigenvalue weighted by Gasteiger charge is 2.34. The molecule has 0 bridgehead atoms. The van der Waals surface area contributed by atoms with Gasteiger partial charge in [-0.3, -0.25) is 4.79 Å².